The van der Waals surface area contributed by atoms with Crippen LogP contribution in [0.15, 0.2) is 29.2 Å². The number of rotatable bonds is 8. The topological polar surface area (TPSA) is 41.6 Å². The first-order chi connectivity index (χ1) is 12.6. The molecular formula is C21H32N2O2S. The Morgan fingerprint density at radius 2 is 2.04 bits per heavy atom. The van der Waals surface area contributed by atoms with Crippen molar-refractivity contribution in [3.63, 3.8) is 0 Å². The Morgan fingerprint density at radius 3 is 2.73 bits per heavy atom. The number of benzene rings is 1. The second-order valence-corrected chi connectivity index (χ2v) is 8.77. The third kappa shape index (κ3) is 5.24. The van der Waals surface area contributed by atoms with E-state index in [9.17, 15) is 4.79 Å². The predicted octanol–water partition coefficient (Wildman–Crippen LogP) is 3.81. The number of nitrogens with zero attached hydrogens (tertiary/aromatic N) is 1. The summed E-state index contributed by atoms with van der Waals surface area (Å²) in [5, 5.41) is 3.20. The summed E-state index contributed by atoms with van der Waals surface area (Å²) in [6, 6.07) is 8.37. The maximum absolute atomic E-state index is 12.8. The molecule has 3 rings (SSSR count). The van der Waals surface area contributed by atoms with Crippen molar-refractivity contribution in [1.82, 2.24) is 10.2 Å². The zero-order valence-electron chi connectivity index (χ0n) is 16.1. The molecule has 0 saturated carbocycles. The van der Waals surface area contributed by atoms with Crippen molar-refractivity contribution in [2.75, 3.05) is 32.0 Å². The minimum Gasteiger partial charge on any atom is -0.377 e. The molecule has 2 heterocycles. The molecule has 26 heavy (non-hydrogen) atoms. The number of nitrogens with one attached hydrogen (secondary N) is 1. The van der Waals surface area contributed by atoms with E-state index in [1.54, 1.807) is 11.8 Å². The molecule has 2 aliphatic rings. The largest absolute Gasteiger partial charge is 0.377 e. The molecule has 2 fully saturated rings. The van der Waals surface area contributed by atoms with Crippen molar-refractivity contribution in [2.45, 2.75) is 56.6 Å². The van der Waals surface area contributed by atoms with Crippen LogP contribution < -0.4 is 5.32 Å². The van der Waals surface area contributed by atoms with Crippen LogP contribution in [0, 0.1) is 5.92 Å². The zero-order chi connectivity index (χ0) is 18.4. The molecule has 0 bridgehead atoms. The zero-order valence-corrected chi connectivity index (χ0v) is 16.9. The van der Waals surface area contributed by atoms with Crippen LogP contribution in [0.3, 0.4) is 0 Å². The van der Waals surface area contributed by atoms with Crippen molar-refractivity contribution in [3.8, 4) is 0 Å². The summed E-state index contributed by atoms with van der Waals surface area (Å²) >= 11 is 1.74. The highest BCUT2D eigenvalue weighted by Crippen LogP contribution is 2.27. The van der Waals surface area contributed by atoms with Crippen molar-refractivity contribution in [3.05, 3.63) is 29.8 Å². The van der Waals surface area contributed by atoms with Crippen LogP contribution in [0.25, 0.3) is 0 Å². The van der Waals surface area contributed by atoms with Crippen LogP contribution in [0.2, 0.25) is 0 Å². The monoisotopic (exact) mass is 376 g/mol. The Balaban J connectivity index is 1.58. The molecule has 144 valence electrons. The lowest BCUT2D eigenvalue weighted by Gasteiger charge is -2.31. The Morgan fingerprint density at radius 1 is 1.27 bits per heavy atom. The van der Waals surface area contributed by atoms with E-state index in [1.165, 1.54) is 12.8 Å². The molecule has 0 spiro atoms. The summed E-state index contributed by atoms with van der Waals surface area (Å²) in [5.74, 6) is 1.51. The van der Waals surface area contributed by atoms with Gasteiger partial charge in [0.25, 0.3) is 5.91 Å². The summed E-state index contributed by atoms with van der Waals surface area (Å²) < 4.78 is 5.71. The Kier molecular flexibility index (Phi) is 7.41. The van der Waals surface area contributed by atoms with Gasteiger partial charge in [0.1, 0.15) is 0 Å². The number of hydrogen-bond acceptors (Lipinski definition) is 4. The van der Waals surface area contributed by atoms with Gasteiger partial charge in [-0.1, -0.05) is 26.0 Å². The van der Waals surface area contributed by atoms with E-state index in [4.69, 9.17) is 4.74 Å². The molecule has 0 aliphatic carbocycles. The minimum absolute atomic E-state index is 0.0466. The molecule has 1 N–H and O–H groups in total. The van der Waals surface area contributed by atoms with Crippen molar-refractivity contribution in [1.29, 1.82) is 0 Å². The van der Waals surface area contributed by atoms with Gasteiger partial charge in [-0.15, -0.1) is 11.8 Å². The number of carbonyl (C=O) groups is 1. The van der Waals surface area contributed by atoms with E-state index in [0.717, 1.165) is 55.3 Å². The van der Waals surface area contributed by atoms with Gasteiger partial charge in [-0.05, 0) is 56.8 Å². The Labute approximate surface area is 162 Å². The van der Waals surface area contributed by atoms with E-state index < -0.39 is 0 Å². The molecule has 5 heteroatoms. The fraction of sp³-hybridized carbons (Fsp3) is 0.667. The predicted molar refractivity (Wildman–Crippen MR) is 108 cm³/mol. The first-order valence-corrected chi connectivity index (χ1v) is 11.0. The third-order valence-electron chi connectivity index (χ3n) is 5.43. The van der Waals surface area contributed by atoms with Gasteiger partial charge in [0.15, 0.2) is 0 Å². The molecule has 2 aliphatic heterocycles. The molecular weight excluding hydrogens is 344 g/mol. The van der Waals surface area contributed by atoms with E-state index in [1.807, 2.05) is 18.2 Å². The van der Waals surface area contributed by atoms with Crippen LogP contribution in [-0.4, -0.2) is 54.9 Å². The number of thioether (sulfide) groups is 1. The second-order valence-electron chi connectivity index (χ2n) is 7.71. The highest BCUT2D eigenvalue weighted by molar-refractivity contribution is 7.99. The summed E-state index contributed by atoms with van der Waals surface area (Å²) in [6.45, 7) is 8.42. The van der Waals surface area contributed by atoms with Gasteiger partial charge in [-0.2, -0.15) is 0 Å². The summed E-state index contributed by atoms with van der Waals surface area (Å²) in [4.78, 5) is 16.4. The maximum atomic E-state index is 12.8. The van der Waals surface area contributed by atoms with Crippen molar-refractivity contribution < 1.29 is 9.53 Å². The van der Waals surface area contributed by atoms with Gasteiger partial charge in [0, 0.05) is 29.8 Å². The molecule has 0 radical (unpaired) electrons. The van der Waals surface area contributed by atoms with Gasteiger partial charge in [0.2, 0.25) is 0 Å². The smallest absolute Gasteiger partial charge is 0.252 e. The van der Waals surface area contributed by atoms with Crippen LogP contribution >= 0.6 is 11.8 Å². The quantitative estimate of drug-likeness (QED) is 0.701. The van der Waals surface area contributed by atoms with Crippen LogP contribution in [0.1, 0.15) is 49.9 Å². The minimum atomic E-state index is 0.0466. The number of carbonyl (C=O) groups excluding carboxylic acids is 1. The number of likely N-dealkylation sites (tertiary alicyclic amines) is 1. The second kappa shape index (κ2) is 9.77. The number of ether oxygens (including phenoxy) is 1. The van der Waals surface area contributed by atoms with E-state index in [2.05, 4.69) is 30.1 Å². The highest BCUT2D eigenvalue weighted by atomic mass is 32.2. The normalized spacial score (nSPS) is 22.0. The maximum Gasteiger partial charge on any atom is 0.252 e. The van der Waals surface area contributed by atoms with Gasteiger partial charge in [-0.3, -0.25) is 9.69 Å². The summed E-state index contributed by atoms with van der Waals surface area (Å²) in [5.41, 5.74) is 0.791. The van der Waals surface area contributed by atoms with Gasteiger partial charge < -0.3 is 10.1 Å². The SMILES string of the molecule is CC(C)[C@H](CNC(=O)c1ccccc1SC[C@@H]1CCCO1)N1CCCC1. The molecule has 1 amide bonds. The first-order valence-electron chi connectivity index (χ1n) is 10.0. The molecule has 2 saturated heterocycles. The van der Waals surface area contributed by atoms with E-state index >= 15 is 0 Å². The Hall–Kier alpha value is -1.04. The molecule has 2 atom stereocenters. The lowest BCUT2D eigenvalue weighted by atomic mass is 10.0. The molecule has 0 unspecified atom stereocenters. The average Bonchev–Trinajstić information content (AvgIpc) is 3.34. The van der Waals surface area contributed by atoms with E-state index in [0.29, 0.717) is 18.1 Å². The third-order valence-corrected chi connectivity index (χ3v) is 6.64. The van der Waals surface area contributed by atoms with Gasteiger partial charge in [0.05, 0.1) is 11.7 Å². The van der Waals surface area contributed by atoms with Crippen molar-refractivity contribution >= 4 is 17.7 Å². The summed E-state index contributed by atoms with van der Waals surface area (Å²) in [6.07, 6.45) is 5.17. The van der Waals surface area contributed by atoms with Crippen molar-refractivity contribution in [2.24, 2.45) is 5.92 Å². The van der Waals surface area contributed by atoms with Crippen LogP contribution in [0.5, 0.6) is 0 Å². The van der Waals surface area contributed by atoms with Gasteiger partial charge in [-0.25, -0.2) is 0 Å². The summed E-state index contributed by atoms with van der Waals surface area (Å²) in [7, 11) is 0. The Bertz CT molecular complexity index is 581. The molecule has 4 nitrogen and oxygen atoms in total. The van der Waals surface area contributed by atoms with Crippen LogP contribution in [-0.2, 0) is 4.74 Å². The van der Waals surface area contributed by atoms with E-state index in [-0.39, 0.29) is 5.91 Å². The molecule has 1 aromatic carbocycles. The number of hydrogen-bond donors (Lipinski definition) is 1. The standard InChI is InChI=1S/C21H32N2O2S/c1-16(2)19(23-11-5-6-12-23)14-22-21(24)18-9-3-4-10-20(18)26-15-17-8-7-13-25-17/h3-4,9-10,16-17,19H,5-8,11-15H2,1-2H3,(H,22,24)/t17-,19-/m0/s1. The lowest BCUT2D eigenvalue weighted by molar-refractivity contribution is 0.0924. The lowest BCUT2D eigenvalue weighted by Crippen LogP contribution is -2.45. The molecule has 1 aromatic rings. The average molecular weight is 377 g/mol. The number of amides is 1. The van der Waals surface area contributed by atoms with Crippen LogP contribution in [0.4, 0.5) is 0 Å². The fourth-order valence-electron chi connectivity index (χ4n) is 3.89. The van der Waals surface area contributed by atoms with Gasteiger partial charge >= 0.3 is 0 Å². The molecule has 0 aromatic heterocycles. The first kappa shape index (κ1) is 19.7. The highest BCUT2D eigenvalue weighted by Gasteiger charge is 2.25. The fourth-order valence-corrected chi connectivity index (χ4v) is 5.01.